The number of nitrogens with two attached hydrogens (primary N) is 1. The van der Waals surface area contributed by atoms with Crippen LogP contribution in [0.5, 0.6) is 0 Å². The van der Waals surface area contributed by atoms with E-state index in [1.807, 2.05) is 0 Å². The lowest BCUT2D eigenvalue weighted by atomic mass is 9.92. The SMILES string of the molecule is N[Si](CCCC(F)(F)C(F)(F)C(F)(F)C(F)(F)C(F)(F)C(F)(F)F)(CCCC(F)(F)C(F)(F)C(F)(F)C(F)(F)C(F)(F)C(F)(F)F)CCCC(F)(F)C(F)(F)C(F)(F)C(F)(F)C(F)(F)C(F)(F)F. The van der Waals surface area contributed by atoms with Crippen molar-refractivity contribution in [3.05, 3.63) is 0 Å². The van der Waals surface area contributed by atoms with Crippen LogP contribution in [-0.2, 0) is 0 Å². The first-order valence-corrected chi connectivity index (χ1v) is 19.2. The van der Waals surface area contributed by atoms with Gasteiger partial charge in [0.15, 0.2) is 0 Å². The summed E-state index contributed by atoms with van der Waals surface area (Å²) in [6.45, 7) is 0. The van der Waals surface area contributed by atoms with Gasteiger partial charge in [0.2, 0.25) is 0 Å². The summed E-state index contributed by atoms with van der Waals surface area (Å²) in [6.07, 6.45) is -41.6. The Labute approximate surface area is 349 Å². The molecular weight excluding hydrogens is 1110 g/mol. The first kappa shape index (κ1) is 65.4. The second-order valence-electron chi connectivity index (χ2n) is 14.4. The normalized spacial score (nSPS) is 16.8. The van der Waals surface area contributed by atoms with Crippen molar-refractivity contribution in [3.63, 3.8) is 0 Å². The van der Waals surface area contributed by atoms with E-state index in [0.29, 0.717) is 0 Å². The van der Waals surface area contributed by atoms with Crippen molar-refractivity contribution in [2.75, 3.05) is 0 Å². The number of halogens is 39. The molecule has 0 atom stereocenters. The summed E-state index contributed by atoms with van der Waals surface area (Å²) in [4.78, 5) is 0. The van der Waals surface area contributed by atoms with E-state index < -0.39 is 172 Å². The van der Waals surface area contributed by atoms with Crippen LogP contribution in [0, 0.1) is 0 Å². The summed E-state index contributed by atoms with van der Waals surface area (Å²) in [5.41, 5.74) is 0. The zero-order valence-electron chi connectivity index (χ0n) is 31.2. The van der Waals surface area contributed by atoms with Crippen molar-refractivity contribution < 1.29 is 171 Å². The predicted molar refractivity (Wildman–Crippen MR) is 144 cm³/mol. The second kappa shape index (κ2) is 17.9. The summed E-state index contributed by atoms with van der Waals surface area (Å²) in [7, 11) is -5.69. The maximum absolute atomic E-state index is 14.3. The molecule has 0 fully saturated rings. The molecule has 2 N–H and O–H groups in total. The Morgan fingerprint density at radius 2 is 0.338 bits per heavy atom. The number of rotatable bonds is 24. The lowest BCUT2D eigenvalue weighted by molar-refractivity contribution is -0.440. The topological polar surface area (TPSA) is 26.0 Å². The molecule has 0 saturated carbocycles. The van der Waals surface area contributed by atoms with Crippen LogP contribution < -0.4 is 5.40 Å². The Morgan fingerprint density at radius 3 is 0.471 bits per heavy atom. The van der Waals surface area contributed by atoms with Crippen LogP contribution in [0.4, 0.5) is 171 Å². The van der Waals surface area contributed by atoms with Crippen molar-refractivity contribution >= 4 is 8.24 Å². The highest BCUT2D eigenvalue weighted by Gasteiger charge is 2.93. The Bertz CT molecular complexity index is 1500. The van der Waals surface area contributed by atoms with E-state index in [4.69, 9.17) is 5.40 Å². The summed E-state index contributed by atoms with van der Waals surface area (Å²) < 4.78 is 524. The third-order valence-electron chi connectivity index (χ3n) is 9.49. The zero-order chi connectivity index (χ0) is 55.9. The maximum atomic E-state index is 14.3. The van der Waals surface area contributed by atoms with Crippen LogP contribution in [0.2, 0.25) is 18.1 Å². The minimum Gasteiger partial charge on any atom is -0.351 e. The van der Waals surface area contributed by atoms with Gasteiger partial charge in [0.05, 0.1) is 0 Å². The van der Waals surface area contributed by atoms with Crippen molar-refractivity contribution in [2.24, 2.45) is 5.40 Å². The van der Waals surface area contributed by atoms with Crippen molar-refractivity contribution in [3.8, 4) is 0 Å². The molecule has 0 aromatic rings. The molecule has 410 valence electrons. The average molecular weight is 1130 g/mol. The van der Waals surface area contributed by atoms with Gasteiger partial charge in [-0.2, -0.15) is 171 Å². The highest BCUT2D eigenvalue weighted by atomic mass is 28.3. The summed E-state index contributed by atoms with van der Waals surface area (Å²) in [5, 5.41) is 5.36. The van der Waals surface area contributed by atoms with Crippen LogP contribution in [0.3, 0.4) is 0 Å². The highest BCUT2D eigenvalue weighted by molar-refractivity contribution is 6.76. The first-order chi connectivity index (χ1) is 28.9. The van der Waals surface area contributed by atoms with Gasteiger partial charge in [-0.15, -0.1) is 0 Å². The fourth-order valence-electron chi connectivity index (χ4n) is 5.24. The Kier molecular flexibility index (Phi) is 17.2. The van der Waals surface area contributed by atoms with E-state index in [1.165, 1.54) is 0 Å². The minimum atomic E-state index is -8.58. The van der Waals surface area contributed by atoms with E-state index in [9.17, 15) is 171 Å². The first-order valence-electron chi connectivity index (χ1n) is 16.5. The fraction of sp³-hybridized carbons (Fsp3) is 1.00. The molecular formula is C27H20F39NSi. The minimum absolute atomic E-state index is 2.19. The highest BCUT2D eigenvalue weighted by Crippen LogP contribution is 2.64. The van der Waals surface area contributed by atoms with Gasteiger partial charge < -0.3 is 5.40 Å². The second-order valence-corrected chi connectivity index (χ2v) is 18.6. The Morgan fingerprint density at radius 1 is 0.206 bits per heavy atom. The van der Waals surface area contributed by atoms with E-state index >= 15 is 0 Å². The lowest BCUT2D eigenvalue weighted by Gasteiger charge is -2.40. The summed E-state index contributed by atoms with van der Waals surface area (Å²) in [6, 6.07) is -6.58. The molecule has 0 aliphatic carbocycles. The molecule has 0 bridgehead atoms. The molecule has 0 aromatic heterocycles. The molecule has 0 unspecified atom stereocenters. The summed E-state index contributed by atoms with van der Waals surface area (Å²) >= 11 is 0. The molecule has 68 heavy (non-hydrogen) atoms. The van der Waals surface area contributed by atoms with Gasteiger partial charge in [-0.1, -0.05) is 0 Å². The molecule has 0 aliphatic rings. The van der Waals surface area contributed by atoms with Crippen molar-refractivity contribution in [1.29, 1.82) is 0 Å². The van der Waals surface area contributed by atoms with E-state index in [-0.39, 0.29) is 0 Å². The standard InChI is InChI=1S/C27H20F39NSi/c28-10(29,13(34,35)16(40,41)19(46,47)22(52,53)25(58,59)60)4-1-7-68(67,8-2-5-11(30,31)14(36,37)17(42,43)20(48,49)23(54,55)26(61,62)63)9-3-6-12(32,33)15(38,39)18(44,45)21(50,51)24(56,57)27(64,65)66/h1-9,67H2. The van der Waals surface area contributed by atoms with E-state index in [0.717, 1.165) is 0 Å². The number of hydrogen-bond acceptors (Lipinski definition) is 1. The fourth-order valence-corrected chi connectivity index (χ4v) is 8.63. The van der Waals surface area contributed by atoms with Gasteiger partial charge in [-0.3, -0.25) is 0 Å². The van der Waals surface area contributed by atoms with E-state index in [2.05, 4.69) is 0 Å². The van der Waals surface area contributed by atoms with Gasteiger partial charge in [0, 0.05) is 19.3 Å². The van der Waals surface area contributed by atoms with Crippen LogP contribution in [0.1, 0.15) is 38.5 Å². The molecule has 0 aromatic carbocycles. The van der Waals surface area contributed by atoms with Gasteiger partial charge in [-0.05, 0) is 37.4 Å². The molecule has 1 nitrogen and oxygen atoms in total. The molecule has 0 saturated heterocycles. The zero-order valence-corrected chi connectivity index (χ0v) is 32.2. The third-order valence-corrected chi connectivity index (χ3v) is 13.5. The van der Waals surface area contributed by atoms with Crippen LogP contribution >= 0.6 is 0 Å². The van der Waals surface area contributed by atoms with Gasteiger partial charge >= 0.3 is 107 Å². The largest absolute Gasteiger partial charge is 0.460 e. The van der Waals surface area contributed by atoms with Crippen molar-refractivity contribution in [2.45, 2.75) is 164 Å². The van der Waals surface area contributed by atoms with Crippen molar-refractivity contribution in [1.82, 2.24) is 0 Å². The molecule has 0 aliphatic heterocycles. The van der Waals surface area contributed by atoms with Crippen LogP contribution in [0.25, 0.3) is 0 Å². The number of alkyl halides is 39. The molecule has 0 heterocycles. The van der Waals surface area contributed by atoms with E-state index in [1.54, 1.807) is 0 Å². The molecule has 0 spiro atoms. The maximum Gasteiger partial charge on any atom is 0.460 e. The smallest absolute Gasteiger partial charge is 0.351 e. The van der Waals surface area contributed by atoms with Gasteiger partial charge in [-0.25, -0.2) is 0 Å². The monoisotopic (exact) mass is 1130 g/mol. The quantitative estimate of drug-likeness (QED) is 0.0757. The Balaban J connectivity index is 7.17. The lowest BCUT2D eigenvalue weighted by Crippen LogP contribution is -2.70. The molecule has 0 radical (unpaired) electrons. The van der Waals surface area contributed by atoms with Crippen LogP contribution in [0.15, 0.2) is 0 Å². The van der Waals surface area contributed by atoms with Gasteiger partial charge in [0.25, 0.3) is 0 Å². The molecule has 0 amide bonds. The molecule has 41 heteroatoms. The van der Waals surface area contributed by atoms with Gasteiger partial charge in [0.1, 0.15) is 8.24 Å². The Hall–Kier alpha value is -2.55. The third kappa shape index (κ3) is 10.1. The van der Waals surface area contributed by atoms with Crippen LogP contribution in [-0.4, -0.2) is 116 Å². The summed E-state index contributed by atoms with van der Waals surface area (Å²) in [5.74, 6) is -122. The predicted octanol–water partition coefficient (Wildman–Crippen LogP) is 15.4. The average Bonchev–Trinajstić information content (AvgIpc) is 3.08. The molecule has 0 rings (SSSR count). The number of hydrogen-bond donors (Lipinski definition) is 1.